The number of amides is 2. The summed E-state index contributed by atoms with van der Waals surface area (Å²) in [5, 5.41) is 0. The Kier molecular flexibility index (Phi) is 2.34. The first-order valence-electron chi connectivity index (χ1n) is 5.78. The van der Waals surface area contributed by atoms with Gasteiger partial charge in [-0.05, 0) is 26.7 Å². The number of carbonyl (C=O) groups is 2. The fourth-order valence-corrected chi connectivity index (χ4v) is 2.87. The Labute approximate surface area is 96.2 Å². The Morgan fingerprint density at radius 2 is 1.88 bits per heavy atom. The van der Waals surface area contributed by atoms with E-state index in [2.05, 4.69) is 5.92 Å². The molecule has 1 aliphatic heterocycles. The van der Waals surface area contributed by atoms with Crippen LogP contribution in [-0.4, -0.2) is 22.3 Å². The molecule has 1 spiro atoms. The fraction of sp³-hybridized carbons (Fsp3) is 0.692. The topological polar surface area (TPSA) is 37.4 Å². The van der Waals surface area contributed by atoms with Crippen LogP contribution < -0.4 is 0 Å². The molecule has 0 unspecified atom stereocenters. The average Bonchev–Trinajstić information content (AvgIpc) is 2.75. The highest BCUT2D eigenvalue weighted by Gasteiger charge is 2.55. The number of nitrogens with zero attached hydrogens (tertiary/aromatic N) is 1. The Balaban J connectivity index is 2.34. The van der Waals surface area contributed by atoms with Crippen molar-refractivity contribution in [3.8, 4) is 12.3 Å². The largest absolute Gasteiger partial charge is 0.274 e. The van der Waals surface area contributed by atoms with Gasteiger partial charge in [0.05, 0.1) is 5.41 Å². The summed E-state index contributed by atoms with van der Waals surface area (Å²) in [5.74, 6) is 2.39. The van der Waals surface area contributed by atoms with Crippen molar-refractivity contribution >= 4 is 11.8 Å². The van der Waals surface area contributed by atoms with E-state index in [0.29, 0.717) is 6.42 Å². The molecule has 0 aromatic rings. The number of hydrogen-bond donors (Lipinski definition) is 0. The van der Waals surface area contributed by atoms with Gasteiger partial charge in [-0.3, -0.25) is 14.5 Å². The predicted octanol–water partition coefficient (Wildman–Crippen LogP) is 1.72. The molecule has 0 radical (unpaired) electrons. The lowest BCUT2D eigenvalue weighted by Crippen LogP contribution is -2.48. The smallest absolute Gasteiger partial charge is 0.237 e. The molecule has 1 saturated heterocycles. The molecule has 3 nitrogen and oxygen atoms in total. The minimum absolute atomic E-state index is 0.0436. The first-order valence-corrected chi connectivity index (χ1v) is 5.78. The van der Waals surface area contributed by atoms with Crippen LogP contribution in [0.2, 0.25) is 0 Å². The van der Waals surface area contributed by atoms with Crippen molar-refractivity contribution in [2.75, 3.05) is 0 Å². The monoisotopic (exact) mass is 219 g/mol. The first kappa shape index (κ1) is 11.2. The van der Waals surface area contributed by atoms with Gasteiger partial charge in [0, 0.05) is 6.42 Å². The lowest BCUT2D eigenvalue weighted by Gasteiger charge is -2.30. The Hall–Kier alpha value is -1.30. The molecule has 86 valence electrons. The summed E-state index contributed by atoms with van der Waals surface area (Å²) in [6, 6.07) is 0. The number of carbonyl (C=O) groups excluding carboxylic acids is 2. The molecule has 1 aliphatic carbocycles. The zero-order valence-electron chi connectivity index (χ0n) is 9.88. The minimum atomic E-state index is -0.791. The van der Waals surface area contributed by atoms with Crippen LogP contribution >= 0.6 is 0 Å². The molecule has 0 aromatic carbocycles. The van der Waals surface area contributed by atoms with Crippen LogP contribution in [0.15, 0.2) is 0 Å². The number of likely N-dealkylation sites (tertiary alicyclic amines) is 1. The molecule has 0 N–H and O–H groups in total. The quantitative estimate of drug-likeness (QED) is 0.497. The van der Waals surface area contributed by atoms with Gasteiger partial charge in [0.2, 0.25) is 11.8 Å². The summed E-state index contributed by atoms with van der Waals surface area (Å²) < 4.78 is 0. The summed E-state index contributed by atoms with van der Waals surface area (Å²) in [7, 11) is 0. The summed E-state index contributed by atoms with van der Waals surface area (Å²) in [4.78, 5) is 25.6. The number of imide groups is 1. The molecule has 3 heteroatoms. The molecule has 1 saturated carbocycles. The molecule has 2 aliphatic rings. The third-order valence-electron chi connectivity index (χ3n) is 3.87. The minimum Gasteiger partial charge on any atom is -0.274 e. The highest BCUT2D eigenvalue weighted by molar-refractivity contribution is 6.07. The van der Waals surface area contributed by atoms with E-state index in [4.69, 9.17) is 6.42 Å². The van der Waals surface area contributed by atoms with E-state index >= 15 is 0 Å². The van der Waals surface area contributed by atoms with E-state index in [1.165, 1.54) is 4.90 Å². The average molecular weight is 219 g/mol. The molecular weight excluding hydrogens is 202 g/mol. The van der Waals surface area contributed by atoms with Gasteiger partial charge in [-0.15, -0.1) is 6.42 Å². The molecule has 2 amide bonds. The molecule has 2 fully saturated rings. The third kappa shape index (κ3) is 1.36. The summed E-state index contributed by atoms with van der Waals surface area (Å²) in [5.41, 5.74) is -1.20. The fourth-order valence-electron chi connectivity index (χ4n) is 2.87. The summed E-state index contributed by atoms with van der Waals surface area (Å²) in [6.07, 6.45) is 9.53. The number of rotatable bonds is 1. The molecular formula is C13H17NO2. The van der Waals surface area contributed by atoms with E-state index in [0.717, 1.165) is 25.7 Å². The Bertz CT molecular complexity index is 383. The van der Waals surface area contributed by atoms with Crippen LogP contribution in [0.5, 0.6) is 0 Å². The SMILES string of the molecule is C#CC(C)(C)N1C(=O)CC2(CCCC2)C1=O. The van der Waals surface area contributed by atoms with E-state index in [-0.39, 0.29) is 11.8 Å². The van der Waals surface area contributed by atoms with Crippen molar-refractivity contribution < 1.29 is 9.59 Å². The Morgan fingerprint density at radius 3 is 2.38 bits per heavy atom. The van der Waals surface area contributed by atoms with Crippen molar-refractivity contribution in [2.45, 2.75) is 51.5 Å². The van der Waals surface area contributed by atoms with Gasteiger partial charge in [-0.25, -0.2) is 0 Å². The Morgan fingerprint density at radius 1 is 1.31 bits per heavy atom. The zero-order chi connectivity index (χ0) is 12.0. The molecule has 0 aromatic heterocycles. The highest BCUT2D eigenvalue weighted by Crippen LogP contribution is 2.48. The van der Waals surface area contributed by atoms with Gasteiger partial charge in [-0.2, -0.15) is 0 Å². The first-order chi connectivity index (χ1) is 7.43. The van der Waals surface area contributed by atoms with Crippen LogP contribution in [-0.2, 0) is 9.59 Å². The van der Waals surface area contributed by atoms with E-state index in [1.807, 2.05) is 0 Å². The standard InChI is InChI=1S/C13H17NO2/c1-4-12(2,3)14-10(15)9-13(11(14)16)7-5-6-8-13/h1H,5-9H2,2-3H3. The van der Waals surface area contributed by atoms with Gasteiger partial charge in [0.25, 0.3) is 0 Å². The lowest BCUT2D eigenvalue weighted by atomic mass is 9.84. The van der Waals surface area contributed by atoms with Gasteiger partial charge in [0.15, 0.2) is 0 Å². The van der Waals surface area contributed by atoms with Gasteiger partial charge in [0.1, 0.15) is 5.54 Å². The molecule has 0 atom stereocenters. The van der Waals surface area contributed by atoms with E-state index in [1.54, 1.807) is 13.8 Å². The second-order valence-corrected chi connectivity index (χ2v) is 5.40. The zero-order valence-corrected chi connectivity index (χ0v) is 9.88. The predicted molar refractivity (Wildman–Crippen MR) is 60.3 cm³/mol. The van der Waals surface area contributed by atoms with Crippen LogP contribution in [0, 0.1) is 17.8 Å². The van der Waals surface area contributed by atoms with Crippen molar-refractivity contribution in [2.24, 2.45) is 5.41 Å². The highest BCUT2D eigenvalue weighted by atomic mass is 16.2. The third-order valence-corrected chi connectivity index (χ3v) is 3.87. The maximum Gasteiger partial charge on any atom is 0.237 e. The van der Waals surface area contributed by atoms with Crippen molar-refractivity contribution in [1.82, 2.24) is 4.90 Å². The van der Waals surface area contributed by atoms with Crippen molar-refractivity contribution in [1.29, 1.82) is 0 Å². The maximum atomic E-state index is 12.4. The van der Waals surface area contributed by atoms with Crippen LogP contribution in [0.4, 0.5) is 0 Å². The van der Waals surface area contributed by atoms with Gasteiger partial charge >= 0.3 is 0 Å². The van der Waals surface area contributed by atoms with E-state index < -0.39 is 11.0 Å². The van der Waals surface area contributed by atoms with Crippen LogP contribution in [0.25, 0.3) is 0 Å². The van der Waals surface area contributed by atoms with Crippen molar-refractivity contribution in [3.05, 3.63) is 0 Å². The number of terminal acetylenes is 1. The van der Waals surface area contributed by atoms with Crippen molar-refractivity contribution in [3.63, 3.8) is 0 Å². The number of hydrogen-bond acceptors (Lipinski definition) is 2. The molecule has 16 heavy (non-hydrogen) atoms. The second-order valence-electron chi connectivity index (χ2n) is 5.40. The maximum absolute atomic E-state index is 12.4. The van der Waals surface area contributed by atoms with Gasteiger partial charge < -0.3 is 0 Å². The second kappa shape index (κ2) is 3.35. The summed E-state index contributed by atoms with van der Waals surface area (Å²) in [6.45, 7) is 3.49. The van der Waals surface area contributed by atoms with E-state index in [9.17, 15) is 9.59 Å². The lowest BCUT2D eigenvalue weighted by molar-refractivity contribution is -0.145. The van der Waals surface area contributed by atoms with Crippen LogP contribution in [0.3, 0.4) is 0 Å². The van der Waals surface area contributed by atoms with Crippen LogP contribution in [0.1, 0.15) is 46.0 Å². The molecule has 2 rings (SSSR count). The summed E-state index contributed by atoms with van der Waals surface area (Å²) >= 11 is 0. The molecule has 0 bridgehead atoms. The molecule has 1 heterocycles. The van der Waals surface area contributed by atoms with Gasteiger partial charge in [-0.1, -0.05) is 18.8 Å². The normalized spacial score (nSPS) is 24.2.